The first-order chi connectivity index (χ1) is 14.0. The number of methoxy groups -OCH3 is 2. The molecule has 7 heteroatoms. The van der Waals surface area contributed by atoms with E-state index in [9.17, 15) is 13.2 Å². The van der Waals surface area contributed by atoms with Crippen LogP contribution in [0.2, 0.25) is 0 Å². The van der Waals surface area contributed by atoms with Gasteiger partial charge in [0.15, 0.2) is 21.3 Å². The number of rotatable bonds is 6. The molecule has 2 aromatic carbocycles. The van der Waals surface area contributed by atoms with Gasteiger partial charge in [-0.2, -0.15) is 0 Å². The van der Waals surface area contributed by atoms with Gasteiger partial charge in [0.2, 0.25) is 5.91 Å². The van der Waals surface area contributed by atoms with Crippen molar-refractivity contribution in [2.24, 2.45) is 0 Å². The molecule has 1 heterocycles. The van der Waals surface area contributed by atoms with Crippen molar-refractivity contribution in [2.75, 3.05) is 27.3 Å². The standard InChI is InChI=1S/C22H25NO5S/c1-27-20-10-8-17(16-21(20)28-2)9-11-22(24)23-14-12-19(13-15-23)29(25,26)18-6-4-3-5-7-18/h3-11,16,19H,12-15H2,1-2H3/b11-9+. The summed E-state index contributed by atoms with van der Waals surface area (Å²) in [5.41, 5.74) is 0.817. The lowest BCUT2D eigenvalue weighted by Crippen LogP contribution is -2.41. The average Bonchev–Trinajstić information content (AvgIpc) is 2.77. The number of likely N-dealkylation sites (tertiary alicyclic amines) is 1. The Balaban J connectivity index is 1.61. The van der Waals surface area contributed by atoms with Crippen molar-refractivity contribution >= 4 is 21.8 Å². The van der Waals surface area contributed by atoms with E-state index in [0.717, 1.165) is 5.56 Å². The van der Waals surface area contributed by atoms with Crippen LogP contribution in [0.1, 0.15) is 18.4 Å². The number of hydrogen-bond acceptors (Lipinski definition) is 5. The highest BCUT2D eigenvalue weighted by molar-refractivity contribution is 7.92. The maximum absolute atomic E-state index is 12.7. The zero-order chi connectivity index (χ0) is 20.9. The van der Waals surface area contributed by atoms with E-state index in [4.69, 9.17) is 9.47 Å². The summed E-state index contributed by atoms with van der Waals surface area (Å²) in [7, 11) is -0.235. The molecular weight excluding hydrogens is 390 g/mol. The van der Waals surface area contributed by atoms with Crippen LogP contribution in [0, 0.1) is 0 Å². The molecule has 3 rings (SSSR count). The third kappa shape index (κ3) is 4.79. The van der Waals surface area contributed by atoms with Crippen LogP contribution in [0.4, 0.5) is 0 Å². The smallest absolute Gasteiger partial charge is 0.246 e. The monoisotopic (exact) mass is 415 g/mol. The Kier molecular flexibility index (Phi) is 6.59. The van der Waals surface area contributed by atoms with Crippen molar-refractivity contribution in [2.45, 2.75) is 23.0 Å². The molecule has 0 unspecified atom stereocenters. The summed E-state index contributed by atoms with van der Waals surface area (Å²) in [6, 6.07) is 13.9. The Morgan fingerprint density at radius 2 is 1.66 bits per heavy atom. The molecule has 1 fully saturated rings. The predicted octanol–water partition coefficient (Wildman–Crippen LogP) is 3.18. The van der Waals surface area contributed by atoms with Crippen molar-refractivity contribution in [1.82, 2.24) is 4.90 Å². The summed E-state index contributed by atoms with van der Waals surface area (Å²) < 4.78 is 36.0. The molecular formula is C22H25NO5S. The molecule has 2 aromatic rings. The molecule has 0 spiro atoms. The number of nitrogens with zero attached hydrogens (tertiary/aromatic N) is 1. The van der Waals surface area contributed by atoms with Crippen LogP contribution in [-0.2, 0) is 14.6 Å². The molecule has 154 valence electrons. The van der Waals surface area contributed by atoms with E-state index in [-0.39, 0.29) is 5.91 Å². The molecule has 1 saturated heterocycles. The first-order valence-electron chi connectivity index (χ1n) is 9.43. The SMILES string of the molecule is COc1ccc(/C=C/C(=O)N2CCC(S(=O)(=O)c3ccccc3)CC2)cc1OC. The Morgan fingerprint density at radius 3 is 2.28 bits per heavy atom. The number of piperidine rings is 1. The lowest BCUT2D eigenvalue weighted by Gasteiger charge is -2.31. The number of hydrogen-bond donors (Lipinski definition) is 0. The number of sulfone groups is 1. The van der Waals surface area contributed by atoms with Crippen molar-refractivity contribution in [3.8, 4) is 11.5 Å². The summed E-state index contributed by atoms with van der Waals surface area (Å²) >= 11 is 0. The summed E-state index contributed by atoms with van der Waals surface area (Å²) in [5.74, 6) is 1.09. The molecule has 0 bridgehead atoms. The lowest BCUT2D eigenvalue weighted by molar-refractivity contribution is -0.126. The Labute approximate surface area is 171 Å². The fourth-order valence-electron chi connectivity index (χ4n) is 3.42. The summed E-state index contributed by atoms with van der Waals surface area (Å²) in [5, 5.41) is -0.455. The fraction of sp³-hybridized carbons (Fsp3) is 0.318. The van der Waals surface area contributed by atoms with Crippen molar-refractivity contribution in [3.63, 3.8) is 0 Å². The zero-order valence-corrected chi connectivity index (χ0v) is 17.4. The quantitative estimate of drug-likeness (QED) is 0.678. The fourth-order valence-corrected chi connectivity index (χ4v) is 5.17. The van der Waals surface area contributed by atoms with Gasteiger partial charge < -0.3 is 14.4 Å². The van der Waals surface area contributed by atoms with Crippen LogP contribution in [0.15, 0.2) is 59.5 Å². The largest absolute Gasteiger partial charge is 0.493 e. The third-order valence-corrected chi connectivity index (χ3v) is 7.37. The number of amides is 1. The van der Waals surface area contributed by atoms with Crippen molar-refractivity contribution < 1.29 is 22.7 Å². The zero-order valence-electron chi connectivity index (χ0n) is 16.6. The van der Waals surface area contributed by atoms with Gasteiger partial charge in [-0.05, 0) is 48.7 Å². The summed E-state index contributed by atoms with van der Waals surface area (Å²) in [6.45, 7) is 0.845. The second-order valence-corrected chi connectivity index (χ2v) is 9.06. The van der Waals surface area contributed by atoms with E-state index in [2.05, 4.69) is 0 Å². The molecule has 0 atom stereocenters. The van der Waals surface area contributed by atoms with Gasteiger partial charge in [0.1, 0.15) is 0 Å². The number of ether oxygens (including phenoxy) is 2. The van der Waals surface area contributed by atoms with E-state index >= 15 is 0 Å². The Morgan fingerprint density at radius 1 is 1.00 bits per heavy atom. The molecule has 0 N–H and O–H groups in total. The highest BCUT2D eigenvalue weighted by atomic mass is 32.2. The van der Waals surface area contributed by atoms with E-state index in [1.165, 1.54) is 6.08 Å². The Bertz CT molecular complexity index is 978. The van der Waals surface area contributed by atoms with Crippen LogP contribution in [0.3, 0.4) is 0 Å². The number of benzene rings is 2. The van der Waals surface area contributed by atoms with Crippen molar-refractivity contribution in [3.05, 3.63) is 60.2 Å². The summed E-state index contributed by atoms with van der Waals surface area (Å²) in [4.78, 5) is 14.5. The molecule has 1 aliphatic heterocycles. The van der Waals surface area contributed by atoms with Gasteiger partial charge in [-0.1, -0.05) is 24.3 Å². The molecule has 1 aliphatic rings. The third-order valence-electron chi connectivity index (χ3n) is 5.09. The second kappa shape index (κ2) is 9.13. The van der Waals surface area contributed by atoms with E-state index in [1.807, 2.05) is 6.07 Å². The van der Waals surface area contributed by atoms with Crippen LogP contribution >= 0.6 is 0 Å². The van der Waals surface area contributed by atoms with Gasteiger partial charge >= 0.3 is 0 Å². The van der Waals surface area contributed by atoms with Crippen LogP contribution < -0.4 is 9.47 Å². The number of carbonyl (C=O) groups excluding carboxylic acids is 1. The lowest BCUT2D eigenvalue weighted by atomic mass is 10.1. The van der Waals surface area contributed by atoms with Crippen LogP contribution in [0.25, 0.3) is 6.08 Å². The molecule has 0 saturated carbocycles. The second-order valence-electron chi connectivity index (χ2n) is 6.83. The predicted molar refractivity (Wildman–Crippen MR) is 112 cm³/mol. The minimum absolute atomic E-state index is 0.129. The maximum atomic E-state index is 12.7. The molecule has 0 aromatic heterocycles. The normalized spacial score (nSPS) is 15.4. The van der Waals surface area contributed by atoms with Gasteiger partial charge in [-0.25, -0.2) is 8.42 Å². The topological polar surface area (TPSA) is 72.9 Å². The van der Waals surface area contributed by atoms with Crippen molar-refractivity contribution in [1.29, 1.82) is 0 Å². The minimum Gasteiger partial charge on any atom is -0.493 e. The van der Waals surface area contributed by atoms with Gasteiger partial charge in [0.05, 0.1) is 24.4 Å². The molecule has 29 heavy (non-hydrogen) atoms. The van der Waals surface area contributed by atoms with Crippen LogP contribution in [0.5, 0.6) is 11.5 Å². The first-order valence-corrected chi connectivity index (χ1v) is 11.0. The first kappa shape index (κ1) is 20.9. The van der Waals surface area contributed by atoms with Gasteiger partial charge in [-0.15, -0.1) is 0 Å². The van der Waals surface area contributed by atoms with Gasteiger partial charge in [-0.3, -0.25) is 4.79 Å². The highest BCUT2D eigenvalue weighted by Crippen LogP contribution is 2.28. The minimum atomic E-state index is -3.36. The Hall–Kier alpha value is -2.80. The summed E-state index contributed by atoms with van der Waals surface area (Å²) in [6.07, 6.45) is 4.10. The highest BCUT2D eigenvalue weighted by Gasteiger charge is 2.32. The molecule has 6 nitrogen and oxygen atoms in total. The van der Waals surface area contributed by atoms with E-state index in [0.29, 0.717) is 42.3 Å². The molecule has 1 amide bonds. The number of carbonyl (C=O) groups is 1. The van der Waals surface area contributed by atoms with E-state index < -0.39 is 15.1 Å². The van der Waals surface area contributed by atoms with Gasteiger partial charge in [0.25, 0.3) is 0 Å². The molecule has 0 aliphatic carbocycles. The van der Waals surface area contributed by atoms with Crippen LogP contribution in [-0.4, -0.2) is 51.8 Å². The maximum Gasteiger partial charge on any atom is 0.246 e. The average molecular weight is 416 g/mol. The van der Waals surface area contributed by atoms with Gasteiger partial charge in [0, 0.05) is 19.2 Å². The van der Waals surface area contributed by atoms with E-state index in [1.54, 1.807) is 67.7 Å². The molecule has 0 radical (unpaired) electrons.